The number of nitrogens with two attached hydrogens (primary N) is 1. The maximum absolute atomic E-state index is 11.9. The molecule has 1 fully saturated rings. The molecule has 0 spiro atoms. The second-order valence-corrected chi connectivity index (χ2v) is 4.54. The van der Waals surface area contributed by atoms with E-state index in [1.165, 1.54) is 0 Å². The summed E-state index contributed by atoms with van der Waals surface area (Å²) in [6.07, 6.45) is 1.76. The molecule has 1 aromatic heterocycles. The summed E-state index contributed by atoms with van der Waals surface area (Å²) in [7, 11) is 0. The molecule has 0 aliphatic carbocycles. The minimum atomic E-state index is -0.314. The van der Waals surface area contributed by atoms with Crippen molar-refractivity contribution in [3.63, 3.8) is 0 Å². The predicted molar refractivity (Wildman–Crippen MR) is 75.1 cm³/mol. The van der Waals surface area contributed by atoms with Gasteiger partial charge in [0.25, 0.3) is 0 Å². The van der Waals surface area contributed by atoms with Crippen LogP contribution in [0.25, 0.3) is 0 Å². The fourth-order valence-electron chi connectivity index (χ4n) is 2.08. The van der Waals surface area contributed by atoms with Crippen molar-refractivity contribution in [2.24, 2.45) is 5.73 Å². The first-order chi connectivity index (χ1) is 9.70. The Balaban J connectivity index is 1.79. The summed E-state index contributed by atoms with van der Waals surface area (Å²) in [5, 5.41) is 2.49. The van der Waals surface area contributed by atoms with E-state index in [0.29, 0.717) is 13.1 Å². The molecule has 3 N–H and O–H groups in total. The van der Waals surface area contributed by atoms with E-state index in [0.717, 1.165) is 18.9 Å². The molecule has 0 bridgehead atoms. The molecule has 2 rings (SSSR count). The zero-order valence-electron chi connectivity index (χ0n) is 11.3. The summed E-state index contributed by atoms with van der Waals surface area (Å²) in [5.74, 6) is 0.536. The lowest BCUT2D eigenvalue weighted by Crippen LogP contribution is -2.51. The molecule has 20 heavy (non-hydrogen) atoms. The number of nitrogens with zero attached hydrogens (tertiary/aromatic N) is 3. The Morgan fingerprint density at radius 2 is 2.00 bits per heavy atom. The highest BCUT2D eigenvalue weighted by molar-refractivity contribution is 5.85. The van der Waals surface area contributed by atoms with Crippen LogP contribution in [0.3, 0.4) is 0 Å². The van der Waals surface area contributed by atoms with Crippen LogP contribution in [0.5, 0.6) is 0 Å². The van der Waals surface area contributed by atoms with Gasteiger partial charge in [0.2, 0.25) is 11.8 Å². The number of rotatable bonds is 4. The van der Waals surface area contributed by atoms with Crippen LogP contribution in [0.1, 0.15) is 0 Å². The smallest absolute Gasteiger partial charge is 0.242 e. The summed E-state index contributed by atoms with van der Waals surface area (Å²) >= 11 is 0. The van der Waals surface area contributed by atoms with E-state index in [4.69, 9.17) is 5.73 Å². The van der Waals surface area contributed by atoms with Gasteiger partial charge in [-0.05, 0) is 12.1 Å². The second kappa shape index (κ2) is 6.85. The molecule has 7 heteroatoms. The Bertz CT molecular complexity index is 457. The highest BCUT2D eigenvalue weighted by Gasteiger charge is 2.21. The number of carbonyl (C=O) groups is 2. The molecule has 0 aromatic carbocycles. The molecule has 2 amide bonds. The number of piperazine rings is 1. The topological polar surface area (TPSA) is 91.6 Å². The average Bonchev–Trinajstić information content (AvgIpc) is 2.53. The van der Waals surface area contributed by atoms with Gasteiger partial charge in [-0.3, -0.25) is 9.59 Å². The van der Waals surface area contributed by atoms with Crippen LogP contribution in [0.15, 0.2) is 24.4 Å². The highest BCUT2D eigenvalue weighted by Crippen LogP contribution is 2.12. The van der Waals surface area contributed by atoms with Crippen molar-refractivity contribution >= 4 is 17.6 Å². The van der Waals surface area contributed by atoms with Crippen molar-refractivity contribution in [1.82, 2.24) is 15.2 Å². The fraction of sp³-hybridized carbons (Fsp3) is 0.462. The molecule has 108 valence electrons. The fourth-order valence-corrected chi connectivity index (χ4v) is 2.08. The van der Waals surface area contributed by atoms with Crippen LogP contribution in [0.2, 0.25) is 0 Å². The Morgan fingerprint density at radius 1 is 1.25 bits per heavy atom. The van der Waals surface area contributed by atoms with Gasteiger partial charge in [-0.25, -0.2) is 4.98 Å². The minimum Gasteiger partial charge on any atom is -0.353 e. The Hall–Kier alpha value is -2.15. The number of hydrogen-bond acceptors (Lipinski definition) is 5. The molecule has 2 heterocycles. The molecule has 0 saturated carbocycles. The van der Waals surface area contributed by atoms with Crippen molar-refractivity contribution in [2.75, 3.05) is 44.2 Å². The van der Waals surface area contributed by atoms with Gasteiger partial charge in [-0.2, -0.15) is 0 Å². The maximum atomic E-state index is 11.9. The SMILES string of the molecule is NCC(=O)NCC(=O)N1CCN(c2ccccn2)CC1. The summed E-state index contributed by atoms with van der Waals surface area (Å²) in [6, 6.07) is 5.78. The van der Waals surface area contributed by atoms with Gasteiger partial charge >= 0.3 is 0 Å². The normalized spacial score (nSPS) is 15.1. The standard InChI is InChI=1S/C13H19N5O2/c14-9-12(19)16-10-13(20)18-7-5-17(6-8-18)11-3-1-2-4-15-11/h1-4H,5-10,14H2,(H,16,19). The van der Waals surface area contributed by atoms with Crippen LogP contribution < -0.4 is 16.0 Å². The molecule has 1 aromatic rings. The van der Waals surface area contributed by atoms with Crippen molar-refractivity contribution in [3.05, 3.63) is 24.4 Å². The van der Waals surface area contributed by atoms with Crippen LogP contribution in [-0.2, 0) is 9.59 Å². The van der Waals surface area contributed by atoms with Gasteiger partial charge < -0.3 is 20.9 Å². The number of nitrogens with one attached hydrogen (secondary N) is 1. The Labute approximate surface area is 117 Å². The number of aromatic nitrogens is 1. The quantitative estimate of drug-likeness (QED) is 0.722. The lowest BCUT2D eigenvalue weighted by Gasteiger charge is -2.35. The van der Waals surface area contributed by atoms with Gasteiger partial charge in [0, 0.05) is 32.4 Å². The molecular formula is C13H19N5O2. The molecule has 0 atom stereocenters. The molecular weight excluding hydrogens is 258 g/mol. The van der Waals surface area contributed by atoms with Crippen molar-refractivity contribution < 1.29 is 9.59 Å². The molecule has 1 saturated heterocycles. The first-order valence-electron chi connectivity index (χ1n) is 6.61. The van der Waals surface area contributed by atoms with Gasteiger partial charge in [0.05, 0.1) is 13.1 Å². The largest absolute Gasteiger partial charge is 0.353 e. The van der Waals surface area contributed by atoms with E-state index in [2.05, 4.69) is 15.2 Å². The van der Waals surface area contributed by atoms with E-state index in [9.17, 15) is 9.59 Å². The predicted octanol–water partition coefficient (Wildman–Crippen LogP) is -1.19. The lowest BCUT2D eigenvalue weighted by molar-refractivity contribution is -0.132. The van der Waals surface area contributed by atoms with Crippen molar-refractivity contribution in [3.8, 4) is 0 Å². The number of anilines is 1. The zero-order valence-corrected chi connectivity index (χ0v) is 11.3. The Morgan fingerprint density at radius 3 is 2.60 bits per heavy atom. The van der Waals surface area contributed by atoms with Crippen molar-refractivity contribution in [2.45, 2.75) is 0 Å². The zero-order chi connectivity index (χ0) is 14.4. The van der Waals surface area contributed by atoms with E-state index in [-0.39, 0.29) is 24.9 Å². The van der Waals surface area contributed by atoms with Crippen LogP contribution in [0.4, 0.5) is 5.82 Å². The van der Waals surface area contributed by atoms with Crippen LogP contribution in [-0.4, -0.2) is 61.0 Å². The molecule has 1 aliphatic rings. The van der Waals surface area contributed by atoms with Crippen molar-refractivity contribution in [1.29, 1.82) is 0 Å². The van der Waals surface area contributed by atoms with Gasteiger partial charge in [-0.1, -0.05) is 6.07 Å². The molecule has 7 nitrogen and oxygen atoms in total. The van der Waals surface area contributed by atoms with Crippen LogP contribution in [0, 0.1) is 0 Å². The third-order valence-electron chi connectivity index (χ3n) is 3.23. The third kappa shape index (κ3) is 3.67. The number of amides is 2. The number of carbonyl (C=O) groups excluding carboxylic acids is 2. The summed E-state index contributed by atoms with van der Waals surface area (Å²) < 4.78 is 0. The van der Waals surface area contributed by atoms with E-state index in [1.54, 1.807) is 11.1 Å². The molecule has 0 unspecified atom stereocenters. The lowest BCUT2D eigenvalue weighted by atomic mass is 10.3. The van der Waals surface area contributed by atoms with Gasteiger partial charge in [-0.15, -0.1) is 0 Å². The molecule has 1 aliphatic heterocycles. The Kier molecular flexibility index (Phi) is 4.89. The highest BCUT2D eigenvalue weighted by atomic mass is 16.2. The summed E-state index contributed by atoms with van der Waals surface area (Å²) in [5.41, 5.74) is 5.17. The minimum absolute atomic E-state index is 0.0135. The second-order valence-electron chi connectivity index (χ2n) is 4.54. The average molecular weight is 277 g/mol. The van der Waals surface area contributed by atoms with E-state index in [1.807, 2.05) is 18.2 Å². The summed E-state index contributed by atoms with van der Waals surface area (Å²) in [6.45, 7) is 2.67. The number of pyridine rings is 1. The maximum Gasteiger partial charge on any atom is 0.242 e. The van der Waals surface area contributed by atoms with E-state index < -0.39 is 0 Å². The van der Waals surface area contributed by atoms with Gasteiger partial charge in [0.1, 0.15) is 5.82 Å². The molecule has 0 radical (unpaired) electrons. The third-order valence-corrected chi connectivity index (χ3v) is 3.23. The first kappa shape index (κ1) is 14.3. The van der Waals surface area contributed by atoms with Crippen LogP contribution >= 0.6 is 0 Å². The summed E-state index contributed by atoms with van der Waals surface area (Å²) in [4.78, 5) is 31.1. The van der Waals surface area contributed by atoms with E-state index >= 15 is 0 Å². The monoisotopic (exact) mass is 277 g/mol. The number of hydrogen-bond donors (Lipinski definition) is 2. The first-order valence-corrected chi connectivity index (χ1v) is 6.61. The van der Waals surface area contributed by atoms with Gasteiger partial charge in [0.15, 0.2) is 0 Å².